The predicted molar refractivity (Wildman–Crippen MR) is 38.9 cm³/mol. The molecular weight excluding hydrogens is 130 g/mol. The van der Waals surface area contributed by atoms with Crippen molar-refractivity contribution < 1.29 is 4.42 Å². The second kappa shape index (κ2) is 2.56. The molecule has 0 saturated heterocycles. The molecule has 0 saturated carbocycles. The number of nitrogens with one attached hydrogen (secondary N) is 1. The quantitative estimate of drug-likeness (QED) is 0.573. The highest BCUT2D eigenvalue weighted by molar-refractivity contribution is 5.16. The van der Waals surface area contributed by atoms with Crippen LogP contribution in [0, 0.1) is 0 Å². The maximum absolute atomic E-state index is 10.5. The third-order valence-corrected chi connectivity index (χ3v) is 1.14. The standard InChI is InChI=1S/C7H9NO2/c1-3-4-6-5(2)8-7(9)10-6/h4H,2-3H2,1H3,(H,8,9). The molecule has 0 aromatic carbocycles. The van der Waals surface area contributed by atoms with Gasteiger partial charge in [0.1, 0.15) is 0 Å². The topological polar surface area (TPSA) is 46.0 Å². The summed E-state index contributed by atoms with van der Waals surface area (Å²) in [7, 11) is 0. The third-order valence-electron chi connectivity index (χ3n) is 1.14. The Balaban J connectivity index is 3.43. The first kappa shape index (κ1) is 6.86. The Morgan fingerprint density at radius 2 is 2.50 bits per heavy atom. The van der Waals surface area contributed by atoms with Gasteiger partial charge in [-0.1, -0.05) is 13.5 Å². The highest BCUT2D eigenvalue weighted by Gasteiger charge is 1.88. The molecule has 3 nitrogen and oxygen atoms in total. The minimum atomic E-state index is -0.440. The first-order valence-electron chi connectivity index (χ1n) is 3.12. The molecule has 0 aliphatic heterocycles. The van der Waals surface area contributed by atoms with Gasteiger partial charge in [-0.15, -0.1) is 0 Å². The minimum absolute atomic E-state index is 0.440. The number of hydrogen-bond acceptors (Lipinski definition) is 2. The Labute approximate surface area is 57.7 Å². The molecule has 0 atom stereocenters. The Kier molecular flexibility index (Phi) is 1.76. The molecule has 10 heavy (non-hydrogen) atoms. The van der Waals surface area contributed by atoms with Crippen LogP contribution in [0.25, 0.3) is 12.7 Å². The van der Waals surface area contributed by atoms with Gasteiger partial charge in [0.2, 0.25) is 0 Å². The maximum Gasteiger partial charge on any atom is 0.417 e. The van der Waals surface area contributed by atoms with E-state index in [1.54, 1.807) is 6.08 Å². The van der Waals surface area contributed by atoms with Crippen molar-refractivity contribution in [3.8, 4) is 0 Å². The van der Waals surface area contributed by atoms with E-state index in [0.717, 1.165) is 6.42 Å². The lowest BCUT2D eigenvalue weighted by atomic mass is 10.4. The molecule has 3 heteroatoms. The fourth-order valence-corrected chi connectivity index (χ4v) is 0.722. The smallest absolute Gasteiger partial charge is 0.408 e. The lowest BCUT2D eigenvalue weighted by Gasteiger charge is -1.71. The summed E-state index contributed by atoms with van der Waals surface area (Å²) >= 11 is 0. The van der Waals surface area contributed by atoms with E-state index in [-0.39, 0.29) is 0 Å². The van der Waals surface area contributed by atoms with E-state index < -0.39 is 5.76 Å². The monoisotopic (exact) mass is 139 g/mol. The molecule has 0 aliphatic carbocycles. The summed E-state index contributed by atoms with van der Waals surface area (Å²) in [5.41, 5.74) is 0.549. The van der Waals surface area contributed by atoms with E-state index in [2.05, 4.69) is 11.6 Å². The SMILES string of the molecule is C=c1[nH]c(=O)oc1=CCC. The molecule has 0 amide bonds. The summed E-state index contributed by atoms with van der Waals surface area (Å²) in [5.74, 6) is -0.440. The molecule has 0 radical (unpaired) electrons. The molecule has 1 aromatic heterocycles. The highest BCUT2D eigenvalue weighted by atomic mass is 16.4. The van der Waals surface area contributed by atoms with E-state index in [1.807, 2.05) is 6.92 Å². The molecular formula is C7H9NO2. The molecule has 0 aliphatic rings. The number of rotatable bonds is 1. The van der Waals surface area contributed by atoms with Crippen molar-refractivity contribution in [2.45, 2.75) is 13.3 Å². The molecule has 1 aromatic rings. The minimum Gasteiger partial charge on any atom is -0.408 e. The summed E-state index contributed by atoms with van der Waals surface area (Å²) in [6.45, 7) is 5.54. The van der Waals surface area contributed by atoms with Gasteiger partial charge in [-0.05, 0) is 12.5 Å². The number of H-pyrrole nitrogens is 1. The first-order chi connectivity index (χ1) is 4.74. The summed E-state index contributed by atoms with van der Waals surface area (Å²) in [5, 5.41) is 0.548. The van der Waals surface area contributed by atoms with Gasteiger partial charge in [0.15, 0.2) is 5.42 Å². The van der Waals surface area contributed by atoms with Crippen molar-refractivity contribution in [3.05, 3.63) is 21.3 Å². The van der Waals surface area contributed by atoms with Crippen LogP contribution < -0.4 is 16.5 Å². The van der Waals surface area contributed by atoms with Gasteiger partial charge in [-0.2, -0.15) is 0 Å². The molecule has 1 rings (SSSR count). The first-order valence-corrected chi connectivity index (χ1v) is 3.12. The van der Waals surface area contributed by atoms with Crippen LogP contribution in [0.5, 0.6) is 0 Å². The van der Waals surface area contributed by atoms with Crippen LogP contribution in [0.1, 0.15) is 13.3 Å². The van der Waals surface area contributed by atoms with Crippen LogP contribution >= 0.6 is 0 Å². The summed E-state index contributed by atoms with van der Waals surface area (Å²) in [6.07, 6.45) is 2.64. The Hall–Kier alpha value is -1.25. The van der Waals surface area contributed by atoms with Crippen molar-refractivity contribution >= 4 is 12.7 Å². The van der Waals surface area contributed by atoms with Crippen molar-refractivity contribution in [1.29, 1.82) is 0 Å². The molecule has 0 unspecified atom stereocenters. The van der Waals surface area contributed by atoms with E-state index in [4.69, 9.17) is 4.42 Å². The number of aromatic nitrogens is 1. The van der Waals surface area contributed by atoms with Gasteiger partial charge in [0.25, 0.3) is 0 Å². The molecule has 1 heterocycles. The summed E-state index contributed by atoms with van der Waals surface area (Å²) in [4.78, 5) is 12.9. The zero-order chi connectivity index (χ0) is 7.56. The van der Waals surface area contributed by atoms with E-state index in [0.29, 0.717) is 10.8 Å². The van der Waals surface area contributed by atoms with Crippen LogP contribution in [0.4, 0.5) is 0 Å². The van der Waals surface area contributed by atoms with Gasteiger partial charge in [-0.25, -0.2) is 4.79 Å². The Bertz CT molecular complexity index is 358. The second-order valence-electron chi connectivity index (χ2n) is 1.97. The summed E-state index contributed by atoms with van der Waals surface area (Å²) < 4.78 is 4.73. The van der Waals surface area contributed by atoms with Gasteiger partial charge in [0.05, 0.1) is 5.35 Å². The average molecular weight is 139 g/mol. The van der Waals surface area contributed by atoms with E-state index in [1.165, 1.54) is 0 Å². The third kappa shape index (κ3) is 1.18. The lowest BCUT2D eigenvalue weighted by molar-refractivity contribution is 0.485. The van der Waals surface area contributed by atoms with Crippen LogP contribution in [0.2, 0.25) is 0 Å². The molecule has 1 N–H and O–H groups in total. The highest BCUT2D eigenvalue weighted by Crippen LogP contribution is 1.70. The van der Waals surface area contributed by atoms with Crippen molar-refractivity contribution in [3.63, 3.8) is 0 Å². The normalized spacial score (nSPS) is 12.3. The average Bonchev–Trinajstić information content (AvgIpc) is 2.13. The fraction of sp³-hybridized carbons (Fsp3) is 0.286. The molecule has 0 fully saturated rings. The molecule has 0 bridgehead atoms. The summed E-state index contributed by atoms with van der Waals surface area (Å²) in [6, 6.07) is 0. The number of oxazole rings is 1. The largest absolute Gasteiger partial charge is 0.417 e. The van der Waals surface area contributed by atoms with Gasteiger partial charge >= 0.3 is 5.76 Å². The Morgan fingerprint density at radius 3 is 2.90 bits per heavy atom. The van der Waals surface area contributed by atoms with Crippen molar-refractivity contribution in [1.82, 2.24) is 4.98 Å². The molecule has 0 spiro atoms. The fourth-order valence-electron chi connectivity index (χ4n) is 0.722. The number of hydrogen-bond donors (Lipinski definition) is 1. The molecule has 54 valence electrons. The van der Waals surface area contributed by atoms with E-state index >= 15 is 0 Å². The zero-order valence-electron chi connectivity index (χ0n) is 5.81. The van der Waals surface area contributed by atoms with E-state index in [9.17, 15) is 4.79 Å². The van der Waals surface area contributed by atoms with Crippen molar-refractivity contribution in [2.75, 3.05) is 0 Å². The van der Waals surface area contributed by atoms with Crippen molar-refractivity contribution in [2.24, 2.45) is 0 Å². The van der Waals surface area contributed by atoms with Crippen LogP contribution in [-0.2, 0) is 0 Å². The van der Waals surface area contributed by atoms with Gasteiger partial charge in [-0.3, -0.25) is 4.98 Å². The number of aromatic amines is 1. The van der Waals surface area contributed by atoms with Crippen LogP contribution in [0.15, 0.2) is 9.21 Å². The Morgan fingerprint density at radius 1 is 1.80 bits per heavy atom. The maximum atomic E-state index is 10.5. The van der Waals surface area contributed by atoms with Crippen LogP contribution in [0.3, 0.4) is 0 Å². The van der Waals surface area contributed by atoms with Gasteiger partial charge in [0, 0.05) is 0 Å². The lowest BCUT2D eigenvalue weighted by Crippen LogP contribution is -2.19. The predicted octanol–water partition coefficient (Wildman–Crippen LogP) is -0.431. The second-order valence-corrected chi connectivity index (χ2v) is 1.97. The van der Waals surface area contributed by atoms with Gasteiger partial charge < -0.3 is 4.42 Å². The van der Waals surface area contributed by atoms with Crippen LogP contribution in [-0.4, -0.2) is 4.98 Å². The zero-order valence-corrected chi connectivity index (χ0v) is 5.81.